The van der Waals surface area contributed by atoms with Gasteiger partial charge in [0.1, 0.15) is 11.2 Å². The average molecular weight is 808 g/mol. The molecule has 0 saturated heterocycles. The van der Waals surface area contributed by atoms with Gasteiger partial charge in [-0.2, -0.15) is 4.98 Å². The van der Waals surface area contributed by atoms with Crippen LogP contribution in [0, 0.1) is 0 Å². The molecule has 0 spiro atoms. The van der Waals surface area contributed by atoms with Gasteiger partial charge in [-0.1, -0.05) is 109 Å². The number of anilines is 6. The third-order valence-corrected chi connectivity index (χ3v) is 13.1. The number of thiophene rings is 1. The maximum Gasteiger partial charge on any atom is 0.230 e. The van der Waals surface area contributed by atoms with Gasteiger partial charge >= 0.3 is 0 Å². The first-order valence-electron chi connectivity index (χ1n) is 19.8. The molecule has 0 aliphatic rings. The van der Waals surface area contributed by atoms with Crippen molar-refractivity contribution >= 4 is 122 Å². The average Bonchev–Trinajstić information content (AvgIpc) is 3.98. The van der Waals surface area contributed by atoms with Crippen LogP contribution in [0.1, 0.15) is 0 Å². The van der Waals surface area contributed by atoms with Gasteiger partial charge < -0.3 is 18.6 Å². The third kappa shape index (κ3) is 5.58. The number of aromatic nitrogens is 1. The molecule has 0 fully saturated rings. The largest absolute Gasteiger partial charge is 0.438 e. The van der Waals surface area contributed by atoms with Crippen LogP contribution < -0.4 is 9.80 Å². The minimum absolute atomic E-state index is 0.531. The van der Waals surface area contributed by atoms with Gasteiger partial charge in [0.15, 0.2) is 0 Å². The van der Waals surface area contributed by atoms with E-state index in [9.17, 15) is 0 Å². The molecule has 0 amide bonds. The second-order valence-corrected chi connectivity index (χ2v) is 16.4. The summed E-state index contributed by atoms with van der Waals surface area (Å²) in [6.45, 7) is 0. The minimum atomic E-state index is 0.531. The molecule has 7 heteroatoms. The van der Waals surface area contributed by atoms with Gasteiger partial charge in [0, 0.05) is 76.8 Å². The van der Waals surface area contributed by atoms with Gasteiger partial charge in [0.25, 0.3) is 0 Å². The number of fused-ring (bicyclic) bond motifs is 9. The fraction of sp³-hybridized carbons (Fsp3) is 0. The molecule has 0 N–H and O–H groups in total. The van der Waals surface area contributed by atoms with Crippen molar-refractivity contribution in [1.29, 1.82) is 0 Å². The maximum absolute atomic E-state index is 6.58. The van der Waals surface area contributed by atoms with Crippen molar-refractivity contribution in [3.8, 4) is 11.1 Å². The molecule has 5 nitrogen and oxygen atoms in total. The molecule has 8 aromatic carbocycles. The van der Waals surface area contributed by atoms with Crippen LogP contribution >= 0.6 is 24.0 Å². The highest BCUT2D eigenvalue weighted by atomic mass is 32.1. The molecule has 0 radical (unpaired) electrons. The molecular formula is C53H33N3O2S2. The fourth-order valence-corrected chi connectivity index (χ4v) is 10.2. The third-order valence-electron chi connectivity index (χ3n) is 11.4. The Morgan fingerprint density at radius 3 is 1.60 bits per heavy atom. The number of hydrogen-bond donors (Lipinski definition) is 1. The van der Waals surface area contributed by atoms with E-state index in [2.05, 4.69) is 192 Å². The normalized spacial score (nSPS) is 11.8. The van der Waals surface area contributed by atoms with Crippen molar-refractivity contribution in [3.05, 3.63) is 194 Å². The smallest absolute Gasteiger partial charge is 0.230 e. The van der Waals surface area contributed by atoms with E-state index in [4.69, 9.17) is 26.4 Å². The van der Waals surface area contributed by atoms with E-state index < -0.39 is 0 Å². The summed E-state index contributed by atoms with van der Waals surface area (Å²) in [6, 6.07) is 67.8. The Bertz CT molecular complexity index is 3580. The van der Waals surface area contributed by atoms with E-state index in [0.29, 0.717) is 11.4 Å². The summed E-state index contributed by atoms with van der Waals surface area (Å²) in [7, 11) is 0. The van der Waals surface area contributed by atoms with Crippen LogP contribution in [0.4, 0.5) is 34.1 Å². The lowest BCUT2D eigenvalue weighted by Crippen LogP contribution is -2.10. The predicted molar refractivity (Wildman–Crippen MR) is 254 cm³/mol. The van der Waals surface area contributed by atoms with E-state index in [1.54, 1.807) is 0 Å². The lowest BCUT2D eigenvalue weighted by Gasteiger charge is -2.27. The van der Waals surface area contributed by atoms with Gasteiger partial charge in [-0.05, 0) is 83.9 Å². The van der Waals surface area contributed by atoms with Crippen LogP contribution in [-0.2, 0) is 0 Å². The summed E-state index contributed by atoms with van der Waals surface area (Å²) in [5, 5.41) is 6.38. The van der Waals surface area contributed by atoms with E-state index in [-0.39, 0.29) is 0 Å². The summed E-state index contributed by atoms with van der Waals surface area (Å²) in [6.07, 6.45) is 0. The predicted octanol–water partition coefficient (Wildman–Crippen LogP) is 16.1. The van der Waals surface area contributed by atoms with Crippen LogP contribution in [0.15, 0.2) is 208 Å². The molecule has 60 heavy (non-hydrogen) atoms. The molecule has 4 aromatic heterocycles. The zero-order valence-electron chi connectivity index (χ0n) is 32.0. The van der Waals surface area contributed by atoms with Crippen LogP contribution in [0.25, 0.3) is 75.4 Å². The highest BCUT2D eigenvalue weighted by molar-refractivity contribution is 7.80. The van der Waals surface area contributed by atoms with Crippen molar-refractivity contribution < 1.29 is 8.83 Å². The Morgan fingerprint density at radius 1 is 0.417 bits per heavy atom. The molecule has 0 atom stereocenters. The first kappa shape index (κ1) is 34.7. The summed E-state index contributed by atoms with van der Waals surface area (Å²) < 4.78 is 15.7. The quantitative estimate of drug-likeness (QED) is 0.163. The molecular weight excluding hydrogens is 775 g/mol. The monoisotopic (exact) mass is 807 g/mol. The summed E-state index contributed by atoms with van der Waals surface area (Å²) in [4.78, 5) is 10.4. The molecule has 0 unspecified atom stereocenters. The molecule has 12 rings (SSSR count). The fourth-order valence-electron chi connectivity index (χ4n) is 8.62. The second-order valence-electron chi connectivity index (χ2n) is 14.9. The Kier molecular flexibility index (Phi) is 8.04. The first-order chi connectivity index (χ1) is 29.7. The highest BCUT2D eigenvalue weighted by Crippen LogP contribution is 2.47. The van der Waals surface area contributed by atoms with E-state index in [1.165, 1.54) is 20.2 Å². The number of thiol groups is 1. The number of benzene rings is 8. The Balaban J connectivity index is 0.969. The summed E-state index contributed by atoms with van der Waals surface area (Å²) in [5.74, 6) is 0. The Labute approximate surface area is 354 Å². The number of hydrogen-bond acceptors (Lipinski definition) is 7. The van der Waals surface area contributed by atoms with Gasteiger partial charge in [0.05, 0.1) is 16.1 Å². The van der Waals surface area contributed by atoms with Gasteiger partial charge in [-0.15, -0.1) is 24.0 Å². The van der Waals surface area contributed by atoms with Crippen LogP contribution in [-0.4, -0.2) is 4.98 Å². The lowest BCUT2D eigenvalue weighted by atomic mass is 10.0. The van der Waals surface area contributed by atoms with Crippen molar-refractivity contribution in [2.24, 2.45) is 0 Å². The van der Waals surface area contributed by atoms with Crippen LogP contribution in [0.2, 0.25) is 0 Å². The molecule has 0 saturated carbocycles. The number of para-hydroxylation sites is 2. The zero-order chi connectivity index (χ0) is 39.7. The highest BCUT2D eigenvalue weighted by Gasteiger charge is 2.22. The number of rotatable bonds is 7. The topological polar surface area (TPSA) is 45.7 Å². The maximum atomic E-state index is 6.58. The van der Waals surface area contributed by atoms with Crippen molar-refractivity contribution in [2.75, 3.05) is 9.80 Å². The van der Waals surface area contributed by atoms with Crippen LogP contribution in [0.3, 0.4) is 0 Å². The van der Waals surface area contributed by atoms with Gasteiger partial charge in [-0.3, -0.25) is 0 Å². The number of furan rings is 2. The van der Waals surface area contributed by atoms with E-state index in [1.807, 2.05) is 23.5 Å². The zero-order valence-corrected chi connectivity index (χ0v) is 33.7. The Morgan fingerprint density at radius 2 is 0.950 bits per heavy atom. The minimum Gasteiger partial charge on any atom is -0.438 e. The molecule has 0 aliphatic heterocycles. The Hall–Kier alpha value is -7.32. The van der Waals surface area contributed by atoms with E-state index in [0.717, 1.165) is 82.9 Å². The number of pyridine rings is 1. The summed E-state index contributed by atoms with van der Waals surface area (Å²) >= 11 is 6.95. The van der Waals surface area contributed by atoms with Crippen molar-refractivity contribution in [3.63, 3.8) is 0 Å². The standard InChI is InChI=1S/C53H33N3O2S2/c59-50-38(33-14-4-1-5-15-33)21-12-23-45(50)55(34-16-6-2-7-17-34)36-26-28-39-43-32-44-40-29-27-37(31-48(40)58-53(44)54-52(43)57-47(39)30-36)56(35-18-8-3-9-19-35)46-24-13-22-42-41-20-10-11-25-49(41)60-51(42)46/h1-32,59H. The molecule has 0 bridgehead atoms. The van der Waals surface area contributed by atoms with Crippen molar-refractivity contribution in [1.82, 2.24) is 4.98 Å². The van der Waals surface area contributed by atoms with Crippen LogP contribution in [0.5, 0.6) is 0 Å². The van der Waals surface area contributed by atoms with Gasteiger partial charge in [-0.25, -0.2) is 0 Å². The second kappa shape index (κ2) is 13.9. The molecule has 0 aliphatic carbocycles. The van der Waals surface area contributed by atoms with E-state index >= 15 is 0 Å². The van der Waals surface area contributed by atoms with Crippen molar-refractivity contribution in [2.45, 2.75) is 4.90 Å². The van der Waals surface area contributed by atoms with Gasteiger partial charge in [0.2, 0.25) is 11.4 Å². The molecule has 12 aromatic rings. The molecule has 4 heterocycles. The first-order valence-corrected chi connectivity index (χ1v) is 21.1. The number of nitrogens with zero attached hydrogens (tertiary/aromatic N) is 3. The SMILES string of the molecule is Sc1c(-c2ccccc2)cccc1N(c1ccccc1)c1ccc2c(c1)oc1nc3oc4cc(N(c5ccccc5)c5cccc6c5sc5ccccc56)ccc4c3cc12. The lowest BCUT2D eigenvalue weighted by molar-refractivity contribution is 0.631. The molecule has 284 valence electrons. The summed E-state index contributed by atoms with van der Waals surface area (Å²) in [5.41, 5.74) is 10.9.